The van der Waals surface area contributed by atoms with E-state index in [1.165, 1.54) is 17.4 Å². The summed E-state index contributed by atoms with van der Waals surface area (Å²) < 4.78 is 13.2. The number of imide groups is 1. The van der Waals surface area contributed by atoms with Crippen molar-refractivity contribution in [2.45, 2.75) is 0 Å². The number of anilines is 1. The van der Waals surface area contributed by atoms with Gasteiger partial charge in [-0.05, 0) is 29.6 Å². The van der Waals surface area contributed by atoms with Crippen LogP contribution in [-0.4, -0.2) is 16.9 Å². The van der Waals surface area contributed by atoms with Crippen molar-refractivity contribution in [3.63, 3.8) is 0 Å². The van der Waals surface area contributed by atoms with Crippen molar-refractivity contribution in [1.82, 2.24) is 0 Å². The van der Waals surface area contributed by atoms with Gasteiger partial charge in [0.2, 0.25) is 0 Å². The van der Waals surface area contributed by atoms with E-state index in [1.807, 2.05) is 0 Å². The van der Waals surface area contributed by atoms with E-state index in [-0.39, 0.29) is 16.3 Å². The van der Waals surface area contributed by atoms with Gasteiger partial charge in [-0.25, -0.2) is 9.29 Å². The molecule has 1 aromatic heterocycles. The molecule has 0 radical (unpaired) electrons. The van der Waals surface area contributed by atoms with E-state index in [9.17, 15) is 19.1 Å². The zero-order chi connectivity index (χ0) is 15.1. The fourth-order valence-corrected chi connectivity index (χ4v) is 2.96. The molecule has 0 saturated heterocycles. The number of aliphatic hydroxyl groups excluding tert-OH is 1. The zero-order valence-electron chi connectivity index (χ0n) is 10.3. The highest BCUT2D eigenvalue weighted by Gasteiger charge is 2.40. The van der Waals surface area contributed by atoms with E-state index < -0.39 is 23.4 Å². The lowest BCUT2D eigenvalue weighted by Gasteiger charge is -2.14. The van der Waals surface area contributed by atoms with Crippen molar-refractivity contribution < 1.29 is 19.1 Å². The van der Waals surface area contributed by atoms with Crippen LogP contribution in [0.5, 0.6) is 0 Å². The van der Waals surface area contributed by atoms with Crippen LogP contribution in [0.2, 0.25) is 5.02 Å². The van der Waals surface area contributed by atoms with E-state index >= 15 is 0 Å². The molecule has 0 unspecified atom stereocenters. The molecule has 4 nitrogen and oxygen atoms in total. The minimum absolute atomic E-state index is 0.0598. The fourth-order valence-electron chi connectivity index (χ4n) is 2.02. The number of hydrogen-bond donors (Lipinski definition) is 1. The van der Waals surface area contributed by atoms with E-state index in [0.717, 1.165) is 17.0 Å². The van der Waals surface area contributed by atoms with E-state index in [1.54, 1.807) is 17.5 Å². The molecule has 0 saturated carbocycles. The van der Waals surface area contributed by atoms with Crippen LogP contribution in [0.3, 0.4) is 0 Å². The molecule has 1 aromatic carbocycles. The van der Waals surface area contributed by atoms with Gasteiger partial charge in [0.1, 0.15) is 11.4 Å². The summed E-state index contributed by atoms with van der Waals surface area (Å²) in [7, 11) is 0. The molecule has 0 atom stereocenters. The number of rotatable bonds is 2. The van der Waals surface area contributed by atoms with Gasteiger partial charge in [-0.3, -0.25) is 9.59 Å². The van der Waals surface area contributed by atoms with Crippen molar-refractivity contribution in [1.29, 1.82) is 0 Å². The van der Waals surface area contributed by atoms with Gasteiger partial charge in [-0.2, -0.15) is 0 Å². The Bertz CT molecular complexity index is 786. The largest absolute Gasteiger partial charge is 0.502 e. The molecule has 1 aliphatic rings. The average Bonchev–Trinajstić information content (AvgIpc) is 3.03. The van der Waals surface area contributed by atoms with E-state index in [4.69, 9.17) is 11.6 Å². The monoisotopic (exact) mass is 323 g/mol. The molecule has 2 heterocycles. The molecular formula is C14H7ClFNO3S. The third kappa shape index (κ3) is 2.12. The molecule has 0 bridgehead atoms. The van der Waals surface area contributed by atoms with Gasteiger partial charge in [0.25, 0.3) is 5.91 Å². The number of nitrogens with zero attached hydrogens (tertiary/aromatic N) is 1. The number of halogens is 2. The molecule has 0 spiro atoms. The minimum atomic E-state index is -0.855. The average molecular weight is 324 g/mol. The Morgan fingerprint density at radius 1 is 1.19 bits per heavy atom. The van der Waals surface area contributed by atoms with E-state index in [0.29, 0.717) is 4.88 Å². The van der Waals surface area contributed by atoms with Crippen LogP contribution >= 0.6 is 22.9 Å². The highest BCUT2D eigenvalue weighted by molar-refractivity contribution is 7.11. The topological polar surface area (TPSA) is 57.6 Å². The standard InChI is InChI=1S/C14H7ClFNO3S/c15-8-6-7(3-4-9(8)16)17-13(19)11(12(18)14(17)20)10-2-1-5-21-10/h1-6,18H. The molecule has 2 aromatic rings. The van der Waals surface area contributed by atoms with Crippen LogP contribution in [0.15, 0.2) is 41.5 Å². The summed E-state index contributed by atoms with van der Waals surface area (Å²) in [6.45, 7) is 0. The Labute approximate surface area is 127 Å². The van der Waals surface area contributed by atoms with Gasteiger partial charge in [0.05, 0.1) is 10.7 Å². The summed E-state index contributed by atoms with van der Waals surface area (Å²) in [5.74, 6) is -2.80. The van der Waals surface area contributed by atoms with E-state index in [2.05, 4.69) is 0 Å². The van der Waals surface area contributed by atoms with Crippen LogP contribution in [-0.2, 0) is 9.59 Å². The molecule has 0 fully saturated rings. The first kappa shape index (κ1) is 13.8. The first-order chi connectivity index (χ1) is 10.0. The van der Waals surface area contributed by atoms with Crippen LogP contribution in [0.25, 0.3) is 5.57 Å². The number of benzene rings is 1. The number of amides is 2. The van der Waals surface area contributed by atoms with Crippen LogP contribution in [0, 0.1) is 5.82 Å². The molecule has 106 valence electrons. The predicted molar refractivity (Wildman–Crippen MR) is 77.8 cm³/mol. The fraction of sp³-hybridized carbons (Fsp3) is 0. The molecule has 7 heteroatoms. The summed E-state index contributed by atoms with van der Waals surface area (Å²) in [6.07, 6.45) is 0. The second-order valence-electron chi connectivity index (χ2n) is 4.25. The van der Waals surface area contributed by atoms with Gasteiger partial charge in [0.15, 0.2) is 5.76 Å². The normalized spacial score (nSPS) is 15.2. The number of hydrogen-bond acceptors (Lipinski definition) is 4. The highest BCUT2D eigenvalue weighted by Crippen LogP contribution is 2.34. The maximum atomic E-state index is 13.2. The molecular weight excluding hydrogens is 317 g/mol. The van der Waals surface area contributed by atoms with Crippen molar-refractivity contribution in [3.8, 4) is 0 Å². The lowest BCUT2D eigenvalue weighted by Crippen LogP contribution is -2.31. The van der Waals surface area contributed by atoms with Crippen molar-refractivity contribution in [3.05, 3.63) is 57.2 Å². The highest BCUT2D eigenvalue weighted by atomic mass is 35.5. The predicted octanol–water partition coefficient (Wildman–Crippen LogP) is 3.38. The second-order valence-corrected chi connectivity index (χ2v) is 5.60. The first-order valence-corrected chi connectivity index (χ1v) is 7.07. The first-order valence-electron chi connectivity index (χ1n) is 5.81. The van der Waals surface area contributed by atoms with Crippen molar-refractivity contribution >= 4 is 46.0 Å². The van der Waals surface area contributed by atoms with Gasteiger partial charge in [-0.15, -0.1) is 11.3 Å². The number of carbonyl (C=O) groups excluding carboxylic acids is 2. The Hall–Kier alpha value is -2.18. The maximum Gasteiger partial charge on any atom is 0.301 e. The van der Waals surface area contributed by atoms with Crippen molar-refractivity contribution in [2.75, 3.05) is 4.90 Å². The third-order valence-electron chi connectivity index (χ3n) is 2.99. The summed E-state index contributed by atoms with van der Waals surface area (Å²) in [5, 5.41) is 11.4. The van der Waals surface area contributed by atoms with Gasteiger partial charge in [0, 0.05) is 4.88 Å². The van der Waals surface area contributed by atoms with Gasteiger partial charge in [-0.1, -0.05) is 17.7 Å². The van der Waals surface area contributed by atoms with Crippen LogP contribution < -0.4 is 4.90 Å². The molecule has 3 rings (SSSR count). The molecule has 0 aliphatic carbocycles. The zero-order valence-corrected chi connectivity index (χ0v) is 11.9. The smallest absolute Gasteiger partial charge is 0.301 e. The number of carbonyl (C=O) groups is 2. The number of thiophene rings is 1. The second kappa shape index (κ2) is 4.98. The summed E-state index contributed by atoms with van der Waals surface area (Å²) in [5.41, 5.74) is 0.0463. The Morgan fingerprint density at radius 2 is 1.95 bits per heavy atom. The third-order valence-corrected chi connectivity index (χ3v) is 4.17. The lowest BCUT2D eigenvalue weighted by molar-refractivity contribution is -0.121. The summed E-state index contributed by atoms with van der Waals surface area (Å²) >= 11 is 6.89. The SMILES string of the molecule is O=C1C(O)=C(c2cccs2)C(=O)N1c1ccc(F)c(Cl)c1. The number of aliphatic hydroxyl groups is 1. The quantitative estimate of drug-likeness (QED) is 0.862. The Kier molecular flexibility index (Phi) is 3.27. The van der Waals surface area contributed by atoms with Crippen LogP contribution in [0.4, 0.5) is 10.1 Å². The van der Waals surface area contributed by atoms with Gasteiger partial charge < -0.3 is 5.11 Å². The molecule has 1 N–H and O–H groups in total. The molecule has 1 aliphatic heterocycles. The van der Waals surface area contributed by atoms with Crippen LogP contribution in [0.1, 0.15) is 4.88 Å². The Balaban J connectivity index is 2.06. The maximum absolute atomic E-state index is 13.2. The van der Waals surface area contributed by atoms with Gasteiger partial charge >= 0.3 is 5.91 Å². The van der Waals surface area contributed by atoms with Crippen molar-refractivity contribution in [2.24, 2.45) is 0 Å². The summed E-state index contributed by atoms with van der Waals surface area (Å²) in [6, 6.07) is 6.80. The molecule has 21 heavy (non-hydrogen) atoms. The summed E-state index contributed by atoms with van der Waals surface area (Å²) in [4.78, 5) is 25.7. The minimum Gasteiger partial charge on any atom is -0.502 e. The lowest BCUT2D eigenvalue weighted by atomic mass is 10.2. The molecule has 2 amide bonds. The Morgan fingerprint density at radius 3 is 2.57 bits per heavy atom.